The first-order valence-electron chi connectivity index (χ1n) is 7.09. The summed E-state index contributed by atoms with van der Waals surface area (Å²) in [7, 11) is 0. The molecule has 0 saturated heterocycles. The van der Waals surface area contributed by atoms with Gasteiger partial charge in [-0.2, -0.15) is 0 Å². The van der Waals surface area contributed by atoms with Crippen LogP contribution < -0.4 is 5.32 Å². The molecule has 0 aliphatic heterocycles. The van der Waals surface area contributed by atoms with Gasteiger partial charge in [0.1, 0.15) is 0 Å². The van der Waals surface area contributed by atoms with E-state index in [4.69, 9.17) is 0 Å². The fourth-order valence-electron chi connectivity index (χ4n) is 2.51. The third kappa shape index (κ3) is 7.80. The van der Waals surface area contributed by atoms with Crippen LogP contribution in [0.5, 0.6) is 0 Å². The predicted molar refractivity (Wildman–Crippen MR) is 76.4 cm³/mol. The molecule has 1 amide bonds. The zero-order chi connectivity index (χ0) is 12.5. The Kier molecular flexibility index (Phi) is 7.91. The maximum atomic E-state index is 11.6. The molecule has 1 fully saturated rings. The lowest BCUT2D eigenvalue weighted by Crippen LogP contribution is -2.25. The molecule has 0 bridgehead atoms. The van der Waals surface area contributed by atoms with Crippen LogP contribution in [0.3, 0.4) is 0 Å². The Bertz CT molecular complexity index is 212. The largest absolute Gasteiger partial charge is 0.356 e. The molecular weight excluding hydrogens is 278 g/mol. The molecule has 0 aromatic heterocycles. The van der Waals surface area contributed by atoms with Gasteiger partial charge in [0.05, 0.1) is 0 Å². The number of nitrogens with one attached hydrogen (secondary N) is 1. The highest BCUT2D eigenvalue weighted by Crippen LogP contribution is 2.27. The third-order valence-corrected chi connectivity index (χ3v) is 4.06. The monoisotopic (exact) mass is 303 g/mol. The summed E-state index contributed by atoms with van der Waals surface area (Å²) in [5.74, 6) is 1.06. The molecule has 1 aliphatic rings. The molecule has 3 heteroatoms. The summed E-state index contributed by atoms with van der Waals surface area (Å²) >= 11 is 3.51. The van der Waals surface area contributed by atoms with Crippen molar-refractivity contribution in [1.82, 2.24) is 5.32 Å². The minimum absolute atomic E-state index is 0.248. The zero-order valence-electron chi connectivity index (χ0n) is 11.0. The Morgan fingerprint density at radius 2 is 2.06 bits per heavy atom. The molecule has 1 N–H and O–H groups in total. The van der Waals surface area contributed by atoms with Crippen molar-refractivity contribution in [3.05, 3.63) is 0 Å². The molecule has 0 aromatic rings. The maximum Gasteiger partial charge on any atom is 0.220 e. The summed E-state index contributed by atoms with van der Waals surface area (Å²) in [5, 5.41) is 3.02. The number of halogens is 1. The summed E-state index contributed by atoms with van der Waals surface area (Å²) in [5.41, 5.74) is 0. The van der Waals surface area contributed by atoms with Gasteiger partial charge in [0.15, 0.2) is 0 Å². The molecule has 1 aliphatic carbocycles. The lowest BCUT2D eigenvalue weighted by Gasteiger charge is -2.20. The first-order valence-corrected chi connectivity index (χ1v) is 8.01. The van der Waals surface area contributed by atoms with Crippen LogP contribution in [0.4, 0.5) is 0 Å². The van der Waals surface area contributed by atoms with E-state index < -0.39 is 0 Å². The van der Waals surface area contributed by atoms with E-state index in [0.29, 0.717) is 4.83 Å². The fraction of sp³-hybridized carbons (Fsp3) is 0.929. The van der Waals surface area contributed by atoms with Crippen molar-refractivity contribution in [2.45, 2.75) is 69.5 Å². The number of carbonyl (C=O) groups excluding carboxylic acids is 1. The summed E-state index contributed by atoms with van der Waals surface area (Å²) in [6, 6.07) is 0. The average molecular weight is 304 g/mol. The minimum Gasteiger partial charge on any atom is -0.356 e. The van der Waals surface area contributed by atoms with Gasteiger partial charge in [0.25, 0.3) is 0 Å². The molecule has 1 atom stereocenters. The first kappa shape index (κ1) is 15.0. The Hall–Kier alpha value is -0.0500. The van der Waals surface area contributed by atoms with E-state index in [1.165, 1.54) is 32.1 Å². The summed E-state index contributed by atoms with van der Waals surface area (Å²) in [6.45, 7) is 2.98. The van der Waals surface area contributed by atoms with Gasteiger partial charge in [-0.25, -0.2) is 0 Å². The van der Waals surface area contributed by atoms with E-state index in [9.17, 15) is 4.79 Å². The van der Waals surface area contributed by atoms with Crippen LogP contribution in [-0.4, -0.2) is 17.3 Å². The van der Waals surface area contributed by atoms with Crippen molar-refractivity contribution in [3.63, 3.8) is 0 Å². The topological polar surface area (TPSA) is 29.1 Å². The molecule has 0 radical (unpaired) electrons. The number of hydrogen-bond acceptors (Lipinski definition) is 1. The number of alkyl halides is 1. The highest BCUT2D eigenvalue weighted by atomic mass is 79.9. The van der Waals surface area contributed by atoms with Crippen molar-refractivity contribution >= 4 is 21.8 Å². The van der Waals surface area contributed by atoms with Crippen molar-refractivity contribution in [3.8, 4) is 0 Å². The smallest absolute Gasteiger partial charge is 0.220 e. The van der Waals surface area contributed by atoms with Crippen LogP contribution in [-0.2, 0) is 4.79 Å². The highest BCUT2D eigenvalue weighted by molar-refractivity contribution is 9.09. The summed E-state index contributed by atoms with van der Waals surface area (Å²) in [4.78, 5) is 12.2. The maximum absolute atomic E-state index is 11.6. The lowest BCUT2D eigenvalue weighted by molar-refractivity contribution is -0.121. The van der Waals surface area contributed by atoms with E-state index in [0.717, 1.165) is 38.1 Å². The van der Waals surface area contributed by atoms with Crippen molar-refractivity contribution in [2.24, 2.45) is 5.92 Å². The van der Waals surface area contributed by atoms with Gasteiger partial charge in [0.2, 0.25) is 5.91 Å². The van der Waals surface area contributed by atoms with Crippen LogP contribution in [0, 0.1) is 5.92 Å². The van der Waals surface area contributed by atoms with Crippen LogP contribution in [0.25, 0.3) is 0 Å². The van der Waals surface area contributed by atoms with E-state index in [-0.39, 0.29) is 5.91 Å². The third-order valence-electron chi connectivity index (χ3n) is 3.61. The SMILES string of the molecule is CC(Br)CCCNC(=O)CCC1CCCCC1. The van der Waals surface area contributed by atoms with Crippen LogP contribution in [0.2, 0.25) is 0 Å². The fourth-order valence-corrected chi connectivity index (χ4v) is 2.83. The second-order valence-electron chi connectivity index (χ2n) is 5.32. The normalized spacial score (nSPS) is 18.9. The van der Waals surface area contributed by atoms with Crippen LogP contribution >= 0.6 is 15.9 Å². The van der Waals surface area contributed by atoms with Gasteiger partial charge in [-0.05, 0) is 25.2 Å². The molecule has 1 saturated carbocycles. The van der Waals surface area contributed by atoms with Gasteiger partial charge in [-0.15, -0.1) is 0 Å². The molecule has 0 spiro atoms. The van der Waals surface area contributed by atoms with Gasteiger partial charge in [-0.1, -0.05) is 55.0 Å². The highest BCUT2D eigenvalue weighted by Gasteiger charge is 2.14. The van der Waals surface area contributed by atoms with Gasteiger partial charge in [0, 0.05) is 17.8 Å². The van der Waals surface area contributed by atoms with E-state index >= 15 is 0 Å². The molecule has 0 aromatic carbocycles. The van der Waals surface area contributed by atoms with Crippen molar-refractivity contribution in [2.75, 3.05) is 6.54 Å². The molecule has 1 rings (SSSR count). The Morgan fingerprint density at radius 1 is 1.35 bits per heavy atom. The lowest BCUT2D eigenvalue weighted by atomic mass is 9.86. The minimum atomic E-state index is 0.248. The molecule has 0 heterocycles. The molecule has 2 nitrogen and oxygen atoms in total. The first-order chi connectivity index (χ1) is 8.18. The van der Waals surface area contributed by atoms with Crippen LogP contribution in [0.1, 0.15) is 64.7 Å². The molecule has 100 valence electrons. The molecule has 1 unspecified atom stereocenters. The van der Waals surface area contributed by atoms with Crippen molar-refractivity contribution < 1.29 is 4.79 Å². The number of hydrogen-bond donors (Lipinski definition) is 1. The van der Waals surface area contributed by atoms with E-state index in [1.807, 2.05) is 0 Å². The average Bonchev–Trinajstić information content (AvgIpc) is 2.33. The predicted octanol–water partition coefficient (Wildman–Crippen LogP) is 4.03. The van der Waals surface area contributed by atoms with Gasteiger partial charge in [-0.3, -0.25) is 4.79 Å². The quantitative estimate of drug-likeness (QED) is 0.558. The number of carbonyl (C=O) groups is 1. The molecule has 17 heavy (non-hydrogen) atoms. The summed E-state index contributed by atoms with van der Waals surface area (Å²) in [6.07, 6.45) is 10.8. The van der Waals surface area contributed by atoms with E-state index in [2.05, 4.69) is 28.2 Å². The standard InChI is InChI=1S/C14H26BrNO/c1-12(15)6-5-11-16-14(17)10-9-13-7-3-2-4-8-13/h12-13H,2-11H2,1H3,(H,16,17). The zero-order valence-corrected chi connectivity index (χ0v) is 12.6. The summed E-state index contributed by atoms with van der Waals surface area (Å²) < 4.78 is 0. The molecular formula is C14H26BrNO. The number of rotatable bonds is 7. The Morgan fingerprint density at radius 3 is 2.71 bits per heavy atom. The van der Waals surface area contributed by atoms with Crippen molar-refractivity contribution in [1.29, 1.82) is 0 Å². The van der Waals surface area contributed by atoms with Gasteiger partial charge < -0.3 is 5.32 Å². The van der Waals surface area contributed by atoms with E-state index in [1.54, 1.807) is 0 Å². The Labute approximate surface area is 114 Å². The number of amides is 1. The van der Waals surface area contributed by atoms with Crippen LogP contribution in [0.15, 0.2) is 0 Å². The second kappa shape index (κ2) is 8.96. The van der Waals surface area contributed by atoms with Gasteiger partial charge >= 0.3 is 0 Å². The Balaban J connectivity index is 1.96. The second-order valence-corrected chi connectivity index (χ2v) is 6.88.